The van der Waals surface area contributed by atoms with E-state index in [0.717, 1.165) is 29.7 Å². The molecular formula is C30H38ClFN6O. The highest BCUT2D eigenvalue weighted by Crippen LogP contribution is 2.26. The van der Waals surface area contributed by atoms with Crippen LogP contribution in [0.1, 0.15) is 5.56 Å². The van der Waals surface area contributed by atoms with Crippen LogP contribution in [0.25, 0.3) is 16.5 Å². The lowest BCUT2D eigenvalue weighted by Crippen LogP contribution is -2.45. The molecule has 208 valence electrons. The highest BCUT2D eigenvalue weighted by atomic mass is 35.5. The van der Waals surface area contributed by atoms with Crippen LogP contribution in [0.3, 0.4) is 0 Å². The van der Waals surface area contributed by atoms with Gasteiger partial charge in [0.25, 0.3) is 0 Å². The van der Waals surface area contributed by atoms with Gasteiger partial charge in [-0.15, -0.1) is 0 Å². The number of para-hydroxylation sites is 1. The highest BCUT2D eigenvalue weighted by molar-refractivity contribution is 6.30. The lowest BCUT2D eigenvalue weighted by Gasteiger charge is -2.31. The average molecular weight is 553 g/mol. The normalized spacial score (nSPS) is 15.0. The molecule has 9 heteroatoms. The van der Waals surface area contributed by atoms with Crippen LogP contribution >= 0.6 is 11.6 Å². The lowest BCUT2D eigenvalue weighted by molar-refractivity contribution is 0.108. The Labute approximate surface area is 236 Å². The molecule has 2 aromatic carbocycles. The summed E-state index contributed by atoms with van der Waals surface area (Å²) in [5.41, 5.74) is 3.17. The second-order valence-corrected chi connectivity index (χ2v) is 9.60. The van der Waals surface area contributed by atoms with Crippen molar-refractivity contribution >= 4 is 39.6 Å². The number of anilines is 1. The Morgan fingerprint density at radius 1 is 1.18 bits per heavy atom. The largest absolute Gasteiger partial charge is 0.383 e. The Morgan fingerprint density at radius 2 is 1.92 bits per heavy atom. The van der Waals surface area contributed by atoms with E-state index in [9.17, 15) is 4.39 Å². The van der Waals surface area contributed by atoms with Gasteiger partial charge in [-0.25, -0.2) is 4.39 Å². The second kappa shape index (κ2) is 15.3. The SMILES string of the molecule is C=C(/C=C(/Nc1ccnc2ccccc12)C(=NC)NC)c1cc(Cl)ccc1F.COCCN1CCN(C)CC1. The predicted octanol–water partition coefficient (Wildman–Crippen LogP) is 5.16. The van der Waals surface area contributed by atoms with Crippen LogP contribution < -0.4 is 10.6 Å². The zero-order valence-electron chi connectivity index (χ0n) is 23.2. The number of hydrogen-bond donors (Lipinski definition) is 2. The third-order valence-corrected chi connectivity index (χ3v) is 6.67. The van der Waals surface area contributed by atoms with Crippen molar-refractivity contribution in [2.24, 2.45) is 4.99 Å². The van der Waals surface area contributed by atoms with Gasteiger partial charge in [0.1, 0.15) is 11.7 Å². The van der Waals surface area contributed by atoms with Crippen LogP contribution in [0.5, 0.6) is 0 Å². The summed E-state index contributed by atoms with van der Waals surface area (Å²) in [6, 6.07) is 14.1. The molecule has 0 unspecified atom stereocenters. The number of nitrogens with zero attached hydrogens (tertiary/aromatic N) is 4. The summed E-state index contributed by atoms with van der Waals surface area (Å²) in [5.74, 6) is 0.211. The molecule has 0 saturated carbocycles. The zero-order valence-corrected chi connectivity index (χ0v) is 23.9. The number of aliphatic imine (C=N–C) groups is 1. The molecule has 3 aromatic rings. The van der Waals surface area contributed by atoms with Gasteiger partial charge in [0.2, 0.25) is 0 Å². The van der Waals surface area contributed by atoms with E-state index in [-0.39, 0.29) is 5.82 Å². The summed E-state index contributed by atoms with van der Waals surface area (Å²) >= 11 is 6.02. The summed E-state index contributed by atoms with van der Waals surface area (Å²) in [6.45, 7) is 10.7. The van der Waals surface area contributed by atoms with Crippen molar-refractivity contribution in [3.05, 3.63) is 89.5 Å². The molecule has 1 fully saturated rings. The van der Waals surface area contributed by atoms with Crippen molar-refractivity contribution in [2.45, 2.75) is 0 Å². The lowest BCUT2D eigenvalue weighted by atomic mass is 10.1. The monoisotopic (exact) mass is 552 g/mol. The molecule has 2 N–H and O–H groups in total. The fourth-order valence-corrected chi connectivity index (χ4v) is 4.34. The molecule has 0 amide bonds. The molecule has 0 bridgehead atoms. The Kier molecular flexibility index (Phi) is 11.9. The van der Waals surface area contributed by atoms with E-state index in [0.29, 0.717) is 27.7 Å². The van der Waals surface area contributed by atoms with Gasteiger partial charge < -0.3 is 20.3 Å². The fourth-order valence-electron chi connectivity index (χ4n) is 4.17. The third kappa shape index (κ3) is 8.86. The number of hydrogen-bond acceptors (Lipinski definition) is 6. The molecule has 39 heavy (non-hydrogen) atoms. The summed E-state index contributed by atoms with van der Waals surface area (Å²) in [5, 5.41) is 7.82. The highest BCUT2D eigenvalue weighted by Gasteiger charge is 2.13. The molecule has 0 radical (unpaired) electrons. The summed E-state index contributed by atoms with van der Waals surface area (Å²) in [6.07, 6.45) is 3.47. The number of likely N-dealkylation sites (N-methyl/N-ethyl adjacent to an activating group) is 2. The van der Waals surface area contributed by atoms with Crippen molar-refractivity contribution in [1.82, 2.24) is 20.1 Å². The number of piperazine rings is 1. The molecule has 1 aliphatic rings. The molecule has 4 rings (SSSR count). The molecule has 2 heterocycles. The van der Waals surface area contributed by atoms with Crippen LogP contribution in [0.2, 0.25) is 5.02 Å². The maximum Gasteiger partial charge on any atom is 0.144 e. The van der Waals surface area contributed by atoms with E-state index in [1.54, 1.807) is 39.5 Å². The number of ether oxygens (including phenoxy) is 1. The Morgan fingerprint density at radius 3 is 2.62 bits per heavy atom. The number of allylic oxidation sites excluding steroid dienone is 2. The van der Waals surface area contributed by atoms with Crippen LogP contribution in [-0.2, 0) is 4.74 Å². The summed E-state index contributed by atoms with van der Waals surface area (Å²) < 4.78 is 19.3. The van der Waals surface area contributed by atoms with E-state index >= 15 is 0 Å². The van der Waals surface area contributed by atoms with Gasteiger partial charge in [0, 0.05) is 81.8 Å². The number of fused-ring (bicyclic) bond motifs is 1. The van der Waals surface area contributed by atoms with E-state index < -0.39 is 0 Å². The van der Waals surface area contributed by atoms with Crippen molar-refractivity contribution in [3.63, 3.8) is 0 Å². The first-order valence-electron chi connectivity index (χ1n) is 12.9. The van der Waals surface area contributed by atoms with Gasteiger partial charge in [-0.3, -0.25) is 14.9 Å². The van der Waals surface area contributed by atoms with Gasteiger partial charge >= 0.3 is 0 Å². The zero-order chi connectivity index (χ0) is 28.2. The van der Waals surface area contributed by atoms with Crippen LogP contribution in [0.4, 0.5) is 10.1 Å². The molecule has 0 aliphatic carbocycles. The van der Waals surface area contributed by atoms with E-state index in [4.69, 9.17) is 16.3 Å². The standard InChI is InChI=1S/C22H20ClFN4.C8H18N2O/c1-14(17-13-15(23)8-9-18(17)24)12-21(22(25-2)26-3)28-20-10-11-27-19-7-5-4-6-16(19)20;1-9-3-5-10(6-4-9)7-8-11-2/h4-13H,1H2,2-3H3,(H,25,26)(H,27,28);3-8H2,1-2H3/b21-12+;. The Hall–Kier alpha value is -3.30. The van der Waals surface area contributed by atoms with Crippen molar-refractivity contribution in [3.8, 4) is 0 Å². The van der Waals surface area contributed by atoms with Crippen molar-refractivity contribution < 1.29 is 9.13 Å². The predicted molar refractivity (Wildman–Crippen MR) is 162 cm³/mol. The Balaban J connectivity index is 0.000000320. The fraction of sp³-hybridized carbons (Fsp3) is 0.333. The number of amidine groups is 1. The number of rotatable bonds is 8. The quantitative estimate of drug-likeness (QED) is 0.228. The van der Waals surface area contributed by atoms with Gasteiger partial charge in [-0.2, -0.15) is 0 Å². The number of aromatic nitrogens is 1. The smallest absolute Gasteiger partial charge is 0.144 e. The van der Waals surface area contributed by atoms with Crippen molar-refractivity contribution in [2.75, 3.05) is 72.9 Å². The molecule has 0 atom stereocenters. The summed E-state index contributed by atoms with van der Waals surface area (Å²) in [4.78, 5) is 13.5. The molecule has 7 nitrogen and oxygen atoms in total. The van der Waals surface area contributed by atoms with Gasteiger partial charge in [0.15, 0.2) is 0 Å². The first-order chi connectivity index (χ1) is 18.9. The molecule has 1 aromatic heterocycles. The van der Waals surface area contributed by atoms with Crippen LogP contribution in [-0.4, -0.2) is 88.2 Å². The van der Waals surface area contributed by atoms with E-state index in [1.165, 1.54) is 38.3 Å². The third-order valence-electron chi connectivity index (χ3n) is 6.43. The van der Waals surface area contributed by atoms with Crippen LogP contribution in [0.15, 0.2) is 78.1 Å². The van der Waals surface area contributed by atoms with Crippen LogP contribution in [0, 0.1) is 5.82 Å². The van der Waals surface area contributed by atoms with E-state index in [1.807, 2.05) is 30.3 Å². The number of methoxy groups -OCH3 is 1. The first kappa shape index (κ1) is 30.2. The second-order valence-electron chi connectivity index (χ2n) is 9.17. The van der Waals surface area contributed by atoms with Gasteiger partial charge in [-0.05, 0) is 49.0 Å². The van der Waals surface area contributed by atoms with Gasteiger partial charge in [-0.1, -0.05) is 36.4 Å². The minimum absolute atomic E-state index is 0.331. The minimum atomic E-state index is -0.390. The minimum Gasteiger partial charge on any atom is -0.383 e. The van der Waals surface area contributed by atoms with Gasteiger partial charge in [0.05, 0.1) is 17.8 Å². The number of pyridine rings is 1. The maximum absolute atomic E-state index is 14.2. The number of benzene rings is 2. The topological polar surface area (TPSA) is 65.0 Å². The average Bonchev–Trinajstić information content (AvgIpc) is 2.95. The molecule has 1 aliphatic heterocycles. The number of halogens is 2. The number of nitrogens with one attached hydrogen (secondary N) is 2. The van der Waals surface area contributed by atoms with Crippen molar-refractivity contribution in [1.29, 1.82) is 0 Å². The first-order valence-corrected chi connectivity index (χ1v) is 13.3. The molecule has 1 saturated heterocycles. The maximum atomic E-state index is 14.2. The summed E-state index contributed by atoms with van der Waals surface area (Å²) in [7, 11) is 7.38. The molecular weight excluding hydrogens is 515 g/mol. The Bertz CT molecular complexity index is 1300. The molecule has 0 spiro atoms. The van der Waals surface area contributed by atoms with E-state index in [2.05, 4.69) is 44.0 Å².